The molecule has 4 aliphatic heterocycles. The highest BCUT2D eigenvalue weighted by Gasteiger charge is 2.31. The summed E-state index contributed by atoms with van der Waals surface area (Å²) in [5.74, 6) is 3.71. The van der Waals surface area contributed by atoms with Gasteiger partial charge in [-0.15, -0.1) is 0 Å². The van der Waals surface area contributed by atoms with Crippen LogP contribution in [0.3, 0.4) is 0 Å². The molecule has 12 nitrogen and oxygen atoms in total. The van der Waals surface area contributed by atoms with Gasteiger partial charge in [0.05, 0.1) is 23.4 Å². The molecule has 4 aliphatic rings. The Morgan fingerprint density at radius 3 is 1.55 bits per heavy atom. The van der Waals surface area contributed by atoms with Crippen molar-refractivity contribution in [2.24, 2.45) is 0 Å². The van der Waals surface area contributed by atoms with Crippen molar-refractivity contribution in [3.05, 3.63) is 48.1 Å². The van der Waals surface area contributed by atoms with Crippen molar-refractivity contribution in [3.8, 4) is 11.8 Å². The lowest BCUT2D eigenvalue weighted by atomic mass is 10.1. The van der Waals surface area contributed by atoms with E-state index in [-0.39, 0.29) is 63.0 Å². The van der Waals surface area contributed by atoms with E-state index in [0.29, 0.717) is 24.0 Å². The molecule has 0 spiro atoms. The van der Waals surface area contributed by atoms with Crippen molar-refractivity contribution >= 4 is 23.9 Å². The largest absolute Gasteiger partial charge is 0.463 e. The van der Waals surface area contributed by atoms with E-state index in [1.807, 2.05) is 34.4 Å². The predicted octanol–water partition coefficient (Wildman–Crippen LogP) is 2.42. The first kappa shape index (κ1) is 30.9. The molecule has 4 heterocycles. The fraction of sp³-hybridized carbons (Fsp3) is 0.533. The number of nitrogens with zero attached hydrogens (tertiary/aromatic N) is 2. The Balaban J connectivity index is 1.15. The van der Waals surface area contributed by atoms with Crippen LogP contribution < -0.4 is 0 Å². The van der Waals surface area contributed by atoms with Gasteiger partial charge >= 0.3 is 23.9 Å². The molecule has 0 aromatic rings. The topological polar surface area (TPSA) is 130 Å². The van der Waals surface area contributed by atoms with Crippen molar-refractivity contribution in [2.75, 3.05) is 26.4 Å². The van der Waals surface area contributed by atoms with E-state index in [2.05, 4.69) is 11.8 Å². The molecular weight excluding hydrogens is 548 g/mol. The highest BCUT2D eigenvalue weighted by Crippen LogP contribution is 2.28. The summed E-state index contributed by atoms with van der Waals surface area (Å²) in [4.78, 5) is 50.7. The molecule has 0 aliphatic carbocycles. The Morgan fingerprint density at radius 2 is 1.14 bits per heavy atom. The molecule has 0 aromatic carbocycles. The van der Waals surface area contributed by atoms with Gasteiger partial charge in [-0.25, -0.2) is 9.59 Å². The molecule has 4 rings (SSSR count). The molecule has 0 bridgehead atoms. The van der Waals surface area contributed by atoms with Gasteiger partial charge in [0.2, 0.25) is 0 Å². The van der Waals surface area contributed by atoms with E-state index in [9.17, 15) is 19.2 Å². The van der Waals surface area contributed by atoms with E-state index in [0.717, 1.165) is 25.7 Å². The van der Waals surface area contributed by atoms with Crippen LogP contribution in [0.25, 0.3) is 0 Å². The van der Waals surface area contributed by atoms with Crippen LogP contribution in [0.5, 0.6) is 0 Å². The number of carbonyl (C=O) groups excluding carboxylic acids is 4. The van der Waals surface area contributed by atoms with Gasteiger partial charge in [-0.3, -0.25) is 9.59 Å². The van der Waals surface area contributed by atoms with Crippen LogP contribution in [0.2, 0.25) is 0 Å². The number of rotatable bonds is 10. The Labute approximate surface area is 244 Å². The Kier molecular flexibility index (Phi) is 11.2. The molecule has 0 amide bonds. The summed E-state index contributed by atoms with van der Waals surface area (Å²) < 4.78 is 32.4. The second-order valence-corrected chi connectivity index (χ2v) is 10.1. The monoisotopic (exact) mass is 584 g/mol. The van der Waals surface area contributed by atoms with Gasteiger partial charge < -0.3 is 38.2 Å². The fourth-order valence-corrected chi connectivity index (χ4v) is 4.75. The van der Waals surface area contributed by atoms with E-state index in [1.165, 1.54) is 13.8 Å². The highest BCUT2D eigenvalue weighted by atomic mass is 16.6. The minimum Gasteiger partial charge on any atom is -0.463 e. The minimum absolute atomic E-state index is 0.144. The minimum atomic E-state index is -0.492. The van der Waals surface area contributed by atoms with Crippen molar-refractivity contribution in [3.63, 3.8) is 0 Å². The first-order chi connectivity index (χ1) is 20.3. The van der Waals surface area contributed by atoms with Crippen molar-refractivity contribution in [1.82, 2.24) is 9.80 Å². The zero-order valence-electron chi connectivity index (χ0n) is 23.8. The van der Waals surface area contributed by atoms with Gasteiger partial charge in [-0.2, -0.15) is 0 Å². The summed E-state index contributed by atoms with van der Waals surface area (Å²) in [6.45, 7) is 2.84. The highest BCUT2D eigenvalue weighted by molar-refractivity contribution is 5.89. The van der Waals surface area contributed by atoms with Crippen molar-refractivity contribution in [2.45, 2.75) is 77.0 Å². The third-order valence-electron chi connectivity index (χ3n) is 6.82. The maximum absolute atomic E-state index is 12.5. The summed E-state index contributed by atoms with van der Waals surface area (Å²) in [7, 11) is 0. The Hall–Kier alpha value is -4.08. The molecule has 4 unspecified atom stereocenters. The normalized spacial score (nSPS) is 24.7. The van der Waals surface area contributed by atoms with Crippen molar-refractivity contribution < 1.29 is 47.6 Å². The second-order valence-electron chi connectivity index (χ2n) is 10.1. The first-order valence-electron chi connectivity index (χ1n) is 14.0. The van der Waals surface area contributed by atoms with Gasteiger partial charge in [0.1, 0.15) is 25.7 Å². The lowest BCUT2D eigenvalue weighted by Crippen LogP contribution is -2.30. The third kappa shape index (κ3) is 9.22. The smallest absolute Gasteiger partial charge is 0.336 e. The molecule has 0 saturated carbocycles. The lowest BCUT2D eigenvalue weighted by molar-refractivity contribution is -0.146. The quantitative estimate of drug-likeness (QED) is 0.212. The van der Waals surface area contributed by atoms with Crippen LogP contribution >= 0.6 is 0 Å². The average Bonchev–Trinajstić information content (AvgIpc) is 3.67. The second kappa shape index (κ2) is 15.2. The molecule has 4 atom stereocenters. The zero-order chi connectivity index (χ0) is 29.9. The van der Waals surface area contributed by atoms with E-state index in [4.69, 9.17) is 28.4 Å². The molecular formula is C30H36N2O10. The summed E-state index contributed by atoms with van der Waals surface area (Å²) in [5, 5.41) is 0. The summed E-state index contributed by atoms with van der Waals surface area (Å²) in [6.07, 6.45) is 13.7. The van der Waals surface area contributed by atoms with Gasteiger partial charge in [-0.1, -0.05) is 24.0 Å². The Bertz CT molecular complexity index is 1120. The van der Waals surface area contributed by atoms with Crippen LogP contribution in [-0.4, -0.2) is 84.8 Å². The van der Waals surface area contributed by atoms with Crippen LogP contribution in [-0.2, 0) is 47.6 Å². The van der Waals surface area contributed by atoms with Crippen LogP contribution in [0.4, 0.5) is 0 Å². The van der Waals surface area contributed by atoms with Crippen molar-refractivity contribution in [1.29, 1.82) is 0 Å². The van der Waals surface area contributed by atoms with Gasteiger partial charge in [0, 0.05) is 51.5 Å². The van der Waals surface area contributed by atoms with E-state index < -0.39 is 11.9 Å². The van der Waals surface area contributed by atoms with Gasteiger partial charge in [0.25, 0.3) is 0 Å². The SMILES string of the molecule is CC(=O)OCC1CCC(N2C=CCC(C(=O)OCC#CCOC(=O)C3=CN(C4CCC(COC(C)=O)O4)C=CC3)=C2)O1. The molecule has 2 saturated heterocycles. The number of hydrogen-bond acceptors (Lipinski definition) is 12. The molecule has 0 aromatic heterocycles. The van der Waals surface area contributed by atoms with Gasteiger partial charge in [-0.05, 0) is 25.7 Å². The molecule has 42 heavy (non-hydrogen) atoms. The number of carbonyl (C=O) groups is 4. The fourth-order valence-electron chi connectivity index (χ4n) is 4.75. The number of ether oxygens (including phenoxy) is 6. The van der Waals surface area contributed by atoms with Crippen LogP contribution in [0, 0.1) is 11.8 Å². The van der Waals surface area contributed by atoms with Gasteiger partial charge in [0.15, 0.2) is 13.2 Å². The van der Waals surface area contributed by atoms with E-state index in [1.54, 1.807) is 12.4 Å². The standard InChI is InChI=1S/C30H36N2O10/c1-21(33)39-19-25-9-11-27(41-25)31-13-5-7-23(17-31)29(35)37-15-3-4-16-38-30(36)24-8-6-14-32(18-24)28-12-10-26(42-28)20-40-22(2)34/h5-6,13-14,17-18,25-28H,7-12,15-16,19-20H2,1-2H3. The first-order valence-corrected chi connectivity index (χ1v) is 14.0. The predicted molar refractivity (Wildman–Crippen MR) is 146 cm³/mol. The van der Waals surface area contributed by atoms with Crippen LogP contribution in [0.15, 0.2) is 48.1 Å². The summed E-state index contributed by atoms with van der Waals surface area (Å²) in [5.41, 5.74) is 0.923. The number of hydrogen-bond donors (Lipinski definition) is 0. The maximum Gasteiger partial charge on any atom is 0.336 e. The number of allylic oxidation sites excluding steroid dienone is 2. The molecule has 0 N–H and O–H groups in total. The zero-order valence-corrected chi connectivity index (χ0v) is 23.8. The summed E-state index contributed by atoms with van der Waals surface area (Å²) >= 11 is 0. The summed E-state index contributed by atoms with van der Waals surface area (Å²) in [6, 6.07) is 0. The lowest BCUT2D eigenvalue weighted by Gasteiger charge is -2.27. The van der Waals surface area contributed by atoms with E-state index >= 15 is 0 Å². The molecule has 2 fully saturated rings. The number of esters is 4. The Morgan fingerprint density at radius 1 is 0.714 bits per heavy atom. The third-order valence-corrected chi connectivity index (χ3v) is 6.82. The maximum atomic E-state index is 12.5. The molecule has 0 radical (unpaired) electrons. The molecule has 226 valence electrons. The van der Waals surface area contributed by atoms with Crippen LogP contribution in [0.1, 0.15) is 52.4 Å². The average molecular weight is 585 g/mol. The molecule has 12 heteroatoms.